The monoisotopic (exact) mass is 1450 g/mol. The number of primary amides is 2. The maximum Gasteiger partial charge on any atom is 0.410 e. The summed E-state index contributed by atoms with van der Waals surface area (Å²) in [6, 6.07) is 19.4. The zero-order chi connectivity index (χ0) is 73.8. The lowest BCUT2D eigenvalue weighted by Gasteiger charge is -2.69. The number of unbranched alkanes of at least 4 members (excludes halogenated alkanes) is 2. The highest BCUT2D eigenvalue weighted by atomic mass is 32.2. The topological polar surface area (TPSA) is 401 Å². The van der Waals surface area contributed by atoms with Gasteiger partial charge < -0.3 is 41.6 Å². The van der Waals surface area contributed by atoms with Gasteiger partial charge in [0.15, 0.2) is 10.8 Å². The minimum Gasteiger partial charge on any atom is -0.476 e. The number of carbonyl (C=O) groups excluding carboxylic acids is 8. The smallest absolute Gasteiger partial charge is 0.410 e. The Morgan fingerprint density at radius 3 is 2.22 bits per heavy atom. The van der Waals surface area contributed by atoms with Crippen molar-refractivity contribution in [3.05, 3.63) is 132 Å². The van der Waals surface area contributed by atoms with E-state index in [1.165, 1.54) is 46.7 Å². The fourth-order valence-corrected chi connectivity index (χ4v) is 17.8. The number of benzene rings is 3. The van der Waals surface area contributed by atoms with Crippen molar-refractivity contribution < 1.29 is 70.7 Å². The lowest BCUT2D eigenvalue weighted by atomic mass is 9.39. The highest BCUT2D eigenvalue weighted by Gasteiger charge is 2.66. The number of aromatic carboxylic acids is 1. The first-order valence-electron chi connectivity index (χ1n) is 34.3. The van der Waals surface area contributed by atoms with Crippen LogP contribution in [0.25, 0.3) is 43.4 Å². The number of hydrogen-bond donors (Lipinski definition) is 7. The van der Waals surface area contributed by atoms with Gasteiger partial charge in [-0.1, -0.05) is 81.9 Å². The lowest BCUT2D eigenvalue weighted by Crippen LogP contribution is -2.64. The van der Waals surface area contributed by atoms with Gasteiger partial charge in [-0.05, 0) is 147 Å². The second-order valence-corrected chi connectivity index (χ2v) is 31.4. The first kappa shape index (κ1) is 74.2. The third-order valence-electron chi connectivity index (χ3n) is 19.9. The van der Waals surface area contributed by atoms with Crippen molar-refractivity contribution in [2.75, 3.05) is 48.8 Å². The number of aromatic nitrogens is 5. The van der Waals surface area contributed by atoms with Crippen LogP contribution in [0, 0.1) is 29.1 Å². The molecule has 30 heteroatoms. The van der Waals surface area contributed by atoms with Crippen LogP contribution < -0.4 is 32.3 Å². The molecule has 4 aliphatic carbocycles. The molecule has 3 aromatic carbocycles. The van der Waals surface area contributed by atoms with Crippen molar-refractivity contribution in [2.24, 2.45) is 33.6 Å². The molecule has 103 heavy (non-hydrogen) atoms. The van der Waals surface area contributed by atoms with Gasteiger partial charge in [-0.2, -0.15) is 13.5 Å². The molecule has 4 saturated carbocycles. The standard InChI is InChI=1S/C73H85N13O15S2/c1-44(2)61(81-58(87)15-7-6-10-27-84-59(88)24-25-60(84)89)65(92)86(56(63(74)90)13-11-26-77-67(75)95)49-20-16-46(17-21-49)36-100-69(96)83(29-31-103(97,98)99)28-30-101-73-40-70(4)37-71(5,41-73)39-72(38-70,42-73)43-85-45(3)52(35-78-85)50-22-23-54(79-62(50)66(93)94)47-18-19-48-33-76-34-53(51(48)32-47)64(91)82-68-80-55-12-8-9-14-57(55)102-68/h8-9,12,14,16-25,32-35,44,56,61H,6-7,10-11,13,15,26-31,36-43H2,1-5H3,(H2,74,90)(H,81,87)(H,93,94)(H3,75,77,95)(H,80,82,91)(H,97,98,99)/t56-,61-,70?,71?,72?,73?/m0/s1. The number of carboxylic acids is 1. The van der Waals surface area contributed by atoms with Crippen LogP contribution in [0.2, 0.25) is 0 Å². The van der Waals surface area contributed by atoms with Crippen LogP contribution in [0.4, 0.5) is 20.4 Å². The molecule has 7 aromatic rings. The highest BCUT2D eigenvalue weighted by Crippen LogP contribution is 2.72. The van der Waals surface area contributed by atoms with Crippen LogP contribution >= 0.6 is 11.3 Å². The zero-order valence-corrected chi connectivity index (χ0v) is 59.7. The van der Waals surface area contributed by atoms with E-state index < -0.39 is 99.6 Å². The number of para-hydroxylation sites is 1. The molecule has 0 radical (unpaired) electrons. The number of hydrogen-bond acceptors (Lipinski definition) is 18. The normalized spacial score (nSPS) is 20.3. The maximum atomic E-state index is 14.8. The summed E-state index contributed by atoms with van der Waals surface area (Å²) in [6.07, 6.45) is 12.7. The number of nitrogens with one attached hydrogen (secondary N) is 3. The summed E-state index contributed by atoms with van der Waals surface area (Å²) in [5, 5.41) is 25.6. The molecule has 4 aromatic heterocycles. The average molecular weight is 1450 g/mol. The van der Waals surface area contributed by atoms with Crippen molar-refractivity contribution in [1.29, 1.82) is 0 Å². The maximum absolute atomic E-state index is 14.8. The molecule has 1 aliphatic heterocycles. The predicted octanol–water partition coefficient (Wildman–Crippen LogP) is 8.95. The number of ether oxygens (including phenoxy) is 2. The molecule has 4 fully saturated rings. The summed E-state index contributed by atoms with van der Waals surface area (Å²) in [6.45, 7) is 9.79. The number of carbonyl (C=O) groups is 9. The van der Waals surface area contributed by atoms with Gasteiger partial charge in [0.05, 0.1) is 45.6 Å². The van der Waals surface area contributed by atoms with Crippen LogP contribution in [-0.4, -0.2) is 162 Å². The van der Waals surface area contributed by atoms with Gasteiger partial charge in [0, 0.05) is 97.1 Å². The van der Waals surface area contributed by atoms with Crippen molar-refractivity contribution in [2.45, 2.75) is 143 Å². The summed E-state index contributed by atoms with van der Waals surface area (Å²) >= 11 is 1.36. The van der Waals surface area contributed by atoms with Gasteiger partial charge in [-0.25, -0.2) is 24.4 Å². The molecular weight excluding hydrogens is 1360 g/mol. The van der Waals surface area contributed by atoms with Crippen molar-refractivity contribution in [1.82, 2.24) is 45.2 Å². The molecular formula is C73H85N13O15S2. The van der Waals surface area contributed by atoms with Crippen LogP contribution in [0.3, 0.4) is 0 Å². The number of rotatable bonds is 32. The van der Waals surface area contributed by atoms with Crippen LogP contribution in [0.1, 0.15) is 137 Å². The molecule has 5 aliphatic rings. The Balaban J connectivity index is 0.750. The Hall–Kier alpha value is -10.0. The van der Waals surface area contributed by atoms with E-state index in [9.17, 15) is 61.2 Å². The molecule has 0 spiro atoms. The fourth-order valence-electron chi connectivity index (χ4n) is 16.5. The number of fused-ring (bicyclic) bond motifs is 2. The number of nitrogens with two attached hydrogens (primary N) is 2. The van der Waals surface area contributed by atoms with Crippen molar-refractivity contribution >= 4 is 107 Å². The first-order valence-corrected chi connectivity index (χ1v) is 36.7. The van der Waals surface area contributed by atoms with E-state index >= 15 is 0 Å². The van der Waals surface area contributed by atoms with E-state index in [-0.39, 0.29) is 79.7 Å². The molecule has 0 saturated heterocycles. The van der Waals surface area contributed by atoms with Gasteiger partial charge in [0.2, 0.25) is 11.8 Å². The summed E-state index contributed by atoms with van der Waals surface area (Å²) < 4.78 is 49.9. The second-order valence-electron chi connectivity index (χ2n) is 28.8. The van der Waals surface area contributed by atoms with E-state index in [0.717, 1.165) is 57.8 Å². The van der Waals surface area contributed by atoms with E-state index in [1.807, 2.05) is 41.9 Å². The van der Waals surface area contributed by atoms with Gasteiger partial charge in [0.1, 0.15) is 18.7 Å². The number of thiazole rings is 1. The van der Waals surface area contributed by atoms with E-state index in [4.69, 9.17) is 31.0 Å². The Labute approximate surface area is 599 Å². The first-order chi connectivity index (χ1) is 48.9. The number of amides is 9. The number of pyridine rings is 2. The Morgan fingerprint density at radius 2 is 1.54 bits per heavy atom. The van der Waals surface area contributed by atoms with E-state index in [0.29, 0.717) is 81.6 Å². The van der Waals surface area contributed by atoms with Gasteiger partial charge >= 0.3 is 18.1 Å². The number of carboxylic acid groups (broad SMARTS) is 1. The molecule has 12 rings (SSSR count). The molecule has 9 N–H and O–H groups in total. The largest absolute Gasteiger partial charge is 0.476 e. The van der Waals surface area contributed by atoms with Crippen LogP contribution in [0.5, 0.6) is 0 Å². The van der Waals surface area contributed by atoms with Crippen LogP contribution in [-0.2, 0) is 56.7 Å². The number of anilines is 2. The molecule has 2 unspecified atom stereocenters. The van der Waals surface area contributed by atoms with E-state index in [1.54, 1.807) is 62.6 Å². The third kappa shape index (κ3) is 17.4. The Kier molecular flexibility index (Phi) is 22.0. The average Bonchev–Trinajstić information content (AvgIpc) is 1.34. The van der Waals surface area contributed by atoms with E-state index in [2.05, 4.69) is 39.8 Å². The zero-order valence-electron chi connectivity index (χ0n) is 58.0. The summed E-state index contributed by atoms with van der Waals surface area (Å²) in [4.78, 5) is 135. The van der Waals surface area contributed by atoms with Crippen molar-refractivity contribution in [3.63, 3.8) is 0 Å². The summed E-state index contributed by atoms with van der Waals surface area (Å²) in [7, 11) is -4.55. The molecule has 28 nitrogen and oxygen atoms in total. The van der Waals surface area contributed by atoms with Gasteiger partial charge in [0.25, 0.3) is 33.7 Å². The molecule has 4 bridgehead atoms. The minimum absolute atomic E-state index is 0.00796. The van der Waals surface area contributed by atoms with Gasteiger partial charge in [-0.15, -0.1) is 0 Å². The quantitative estimate of drug-likeness (QED) is 0.0117. The fraction of sp³-hybridized carbons (Fsp3) is 0.438. The Bertz CT molecular complexity index is 4540. The molecule has 544 valence electrons. The highest BCUT2D eigenvalue weighted by molar-refractivity contribution is 7.85. The van der Waals surface area contributed by atoms with Crippen LogP contribution in [0.15, 0.2) is 110 Å². The SMILES string of the molecule is Cc1c(-c2ccc(-c3ccc4cncc(C(=O)Nc5nc6ccccc6s5)c4c3)nc2C(=O)O)cnn1CC12CC3(C)CC(C)(C1)CC(OCCN(CCS(=O)(=O)O)C(=O)OCc1ccc(N(C(=O)[C@@H](NC(=O)CCCCCN4C(=O)C=CC4=O)C(C)C)[C@@H](CCCNC(N)=O)C(N)=O)cc1)(C3)C2. The minimum atomic E-state index is -4.55. The molecule has 5 heterocycles. The molecule has 9 amide bonds. The predicted molar refractivity (Wildman–Crippen MR) is 383 cm³/mol. The number of nitrogens with zero attached hydrogens (tertiary/aromatic N) is 8. The summed E-state index contributed by atoms with van der Waals surface area (Å²) in [5.41, 5.74) is 14.2. The summed E-state index contributed by atoms with van der Waals surface area (Å²) in [5.74, 6) is -5.69. The van der Waals surface area contributed by atoms with Crippen molar-refractivity contribution in [3.8, 4) is 22.4 Å². The number of imide groups is 1. The Morgan fingerprint density at radius 1 is 0.816 bits per heavy atom. The third-order valence-corrected chi connectivity index (χ3v) is 21.6. The molecule has 4 atom stereocenters. The second kappa shape index (κ2) is 30.5. The number of urea groups is 1. The lowest BCUT2D eigenvalue weighted by molar-refractivity contribution is -0.248. The van der Waals surface area contributed by atoms with Gasteiger partial charge in [-0.3, -0.25) is 58.1 Å².